The molecule has 1 aromatic rings. The van der Waals surface area contributed by atoms with Crippen molar-refractivity contribution in [1.82, 2.24) is 19.9 Å². The molecule has 102 valence electrons. The van der Waals surface area contributed by atoms with Gasteiger partial charge in [0.1, 0.15) is 0 Å². The number of unbranched alkanes of at least 4 members (excludes halogenated alkanes) is 1. The van der Waals surface area contributed by atoms with Crippen LogP contribution in [0.2, 0.25) is 0 Å². The first kappa shape index (κ1) is 14.6. The fourth-order valence-corrected chi connectivity index (χ4v) is 1.69. The Kier molecular flexibility index (Phi) is 6.35. The number of hydrogen-bond donors (Lipinski definition) is 1. The van der Waals surface area contributed by atoms with E-state index in [0.717, 1.165) is 38.0 Å². The number of carbonyl (C=O) groups is 1. The molecule has 1 N–H and O–H groups in total. The zero-order chi connectivity index (χ0) is 13.4. The fraction of sp³-hybridized carbons (Fsp3) is 0.750. The van der Waals surface area contributed by atoms with Crippen molar-refractivity contribution in [3.05, 3.63) is 11.9 Å². The molecule has 0 aliphatic rings. The van der Waals surface area contributed by atoms with Crippen LogP contribution in [-0.4, -0.2) is 51.6 Å². The summed E-state index contributed by atoms with van der Waals surface area (Å²) < 4.78 is 1.86. The van der Waals surface area contributed by atoms with Crippen molar-refractivity contribution in [3.63, 3.8) is 0 Å². The molecular weight excluding hydrogens is 232 g/mol. The Morgan fingerprint density at radius 2 is 2.17 bits per heavy atom. The van der Waals surface area contributed by atoms with E-state index < -0.39 is 5.97 Å². The second-order valence-electron chi connectivity index (χ2n) is 4.73. The van der Waals surface area contributed by atoms with Gasteiger partial charge in [0.05, 0.1) is 5.69 Å². The van der Waals surface area contributed by atoms with Crippen LogP contribution in [0.4, 0.5) is 0 Å². The van der Waals surface area contributed by atoms with Crippen LogP contribution in [-0.2, 0) is 17.8 Å². The summed E-state index contributed by atoms with van der Waals surface area (Å²) in [6, 6.07) is 0. The summed E-state index contributed by atoms with van der Waals surface area (Å²) in [7, 11) is 4.10. The highest BCUT2D eigenvalue weighted by Crippen LogP contribution is 2.03. The Morgan fingerprint density at radius 1 is 1.39 bits per heavy atom. The SMILES string of the molecule is CN(C)CCCn1cc(CCCCC(=O)O)nn1. The number of aliphatic carboxylic acids is 1. The summed E-state index contributed by atoms with van der Waals surface area (Å²) in [6.45, 7) is 1.91. The normalized spacial score (nSPS) is 11.1. The molecule has 1 rings (SSSR count). The molecule has 6 heteroatoms. The van der Waals surface area contributed by atoms with Crippen molar-refractivity contribution in [2.45, 2.75) is 38.6 Å². The van der Waals surface area contributed by atoms with E-state index in [1.165, 1.54) is 0 Å². The van der Waals surface area contributed by atoms with Gasteiger partial charge in [-0.2, -0.15) is 0 Å². The van der Waals surface area contributed by atoms with Crippen molar-refractivity contribution in [3.8, 4) is 0 Å². The number of rotatable bonds is 9. The quantitative estimate of drug-likeness (QED) is 0.666. The Bertz CT molecular complexity index is 363. The molecule has 0 radical (unpaired) electrons. The topological polar surface area (TPSA) is 71.2 Å². The third kappa shape index (κ3) is 6.34. The van der Waals surface area contributed by atoms with Gasteiger partial charge >= 0.3 is 5.97 Å². The molecule has 1 heterocycles. The number of aryl methyl sites for hydroxylation is 2. The lowest BCUT2D eigenvalue weighted by atomic mass is 10.1. The summed E-state index contributed by atoms with van der Waals surface area (Å²) in [5.74, 6) is -0.734. The number of carboxylic acid groups (broad SMARTS) is 1. The molecular formula is C12H22N4O2. The molecule has 0 spiro atoms. The van der Waals surface area contributed by atoms with Crippen LogP contribution in [0.3, 0.4) is 0 Å². The van der Waals surface area contributed by atoms with Crippen molar-refractivity contribution < 1.29 is 9.90 Å². The zero-order valence-corrected chi connectivity index (χ0v) is 11.2. The number of aromatic nitrogens is 3. The first-order valence-electron chi connectivity index (χ1n) is 6.33. The average molecular weight is 254 g/mol. The maximum atomic E-state index is 10.4. The summed E-state index contributed by atoms with van der Waals surface area (Å²) in [5, 5.41) is 16.7. The standard InChI is InChI=1S/C12H22N4O2/c1-15(2)8-5-9-16-10-11(13-14-16)6-3-4-7-12(17)18/h10H,3-9H2,1-2H3,(H,17,18). The van der Waals surface area contributed by atoms with Crippen LogP contribution >= 0.6 is 0 Å². The van der Waals surface area contributed by atoms with Crippen LogP contribution in [0.15, 0.2) is 6.20 Å². The lowest BCUT2D eigenvalue weighted by Gasteiger charge is -2.08. The van der Waals surface area contributed by atoms with Crippen LogP contribution < -0.4 is 0 Å². The predicted octanol–water partition coefficient (Wildman–Crippen LogP) is 1.03. The van der Waals surface area contributed by atoms with E-state index in [1.54, 1.807) is 0 Å². The highest BCUT2D eigenvalue weighted by atomic mass is 16.4. The van der Waals surface area contributed by atoms with E-state index in [0.29, 0.717) is 6.42 Å². The molecule has 0 saturated carbocycles. The first-order chi connectivity index (χ1) is 8.58. The lowest BCUT2D eigenvalue weighted by molar-refractivity contribution is -0.137. The van der Waals surface area contributed by atoms with Gasteiger partial charge in [0.2, 0.25) is 0 Å². The van der Waals surface area contributed by atoms with Crippen LogP contribution in [0.25, 0.3) is 0 Å². The van der Waals surface area contributed by atoms with Crippen LogP contribution in [0.5, 0.6) is 0 Å². The minimum Gasteiger partial charge on any atom is -0.481 e. The molecule has 0 bridgehead atoms. The molecule has 0 aliphatic heterocycles. The molecule has 18 heavy (non-hydrogen) atoms. The molecule has 0 atom stereocenters. The van der Waals surface area contributed by atoms with Gasteiger partial charge in [-0.05, 0) is 46.3 Å². The molecule has 0 unspecified atom stereocenters. The van der Waals surface area contributed by atoms with Gasteiger partial charge in [-0.1, -0.05) is 5.21 Å². The van der Waals surface area contributed by atoms with E-state index in [4.69, 9.17) is 5.11 Å². The maximum absolute atomic E-state index is 10.4. The molecule has 6 nitrogen and oxygen atoms in total. The maximum Gasteiger partial charge on any atom is 0.303 e. The van der Waals surface area contributed by atoms with Gasteiger partial charge in [-0.3, -0.25) is 9.48 Å². The Hall–Kier alpha value is -1.43. The molecule has 0 saturated heterocycles. The van der Waals surface area contributed by atoms with Crippen molar-refractivity contribution >= 4 is 5.97 Å². The number of hydrogen-bond acceptors (Lipinski definition) is 4. The van der Waals surface area contributed by atoms with Gasteiger partial charge in [0, 0.05) is 19.2 Å². The van der Waals surface area contributed by atoms with Gasteiger partial charge in [-0.25, -0.2) is 0 Å². The summed E-state index contributed by atoms with van der Waals surface area (Å²) >= 11 is 0. The molecule has 0 fully saturated rings. The predicted molar refractivity (Wildman–Crippen MR) is 68.4 cm³/mol. The van der Waals surface area contributed by atoms with Crippen molar-refractivity contribution in [2.24, 2.45) is 0 Å². The van der Waals surface area contributed by atoms with Crippen LogP contribution in [0, 0.1) is 0 Å². The average Bonchev–Trinajstić information content (AvgIpc) is 2.72. The smallest absolute Gasteiger partial charge is 0.303 e. The van der Waals surface area contributed by atoms with Crippen molar-refractivity contribution in [1.29, 1.82) is 0 Å². The third-order valence-electron chi connectivity index (χ3n) is 2.65. The highest BCUT2D eigenvalue weighted by Gasteiger charge is 2.02. The fourth-order valence-electron chi connectivity index (χ4n) is 1.69. The summed E-state index contributed by atoms with van der Waals surface area (Å²) in [6.07, 6.45) is 5.59. The Labute approximate surface area is 108 Å². The van der Waals surface area contributed by atoms with E-state index in [2.05, 4.69) is 29.3 Å². The molecule has 0 aliphatic carbocycles. The minimum atomic E-state index is -0.734. The monoisotopic (exact) mass is 254 g/mol. The van der Waals surface area contributed by atoms with E-state index >= 15 is 0 Å². The number of nitrogens with zero attached hydrogens (tertiary/aromatic N) is 4. The van der Waals surface area contributed by atoms with E-state index in [-0.39, 0.29) is 6.42 Å². The van der Waals surface area contributed by atoms with Crippen LogP contribution in [0.1, 0.15) is 31.4 Å². The lowest BCUT2D eigenvalue weighted by Crippen LogP contribution is -2.15. The first-order valence-corrected chi connectivity index (χ1v) is 6.33. The third-order valence-corrected chi connectivity index (χ3v) is 2.65. The summed E-state index contributed by atoms with van der Waals surface area (Å²) in [4.78, 5) is 12.5. The second kappa shape index (κ2) is 7.81. The Morgan fingerprint density at radius 3 is 2.83 bits per heavy atom. The van der Waals surface area contributed by atoms with Gasteiger partial charge in [0.15, 0.2) is 0 Å². The zero-order valence-electron chi connectivity index (χ0n) is 11.2. The molecule has 0 aromatic carbocycles. The van der Waals surface area contributed by atoms with Gasteiger partial charge < -0.3 is 10.0 Å². The second-order valence-corrected chi connectivity index (χ2v) is 4.73. The number of carboxylic acids is 1. The van der Waals surface area contributed by atoms with E-state index in [1.807, 2.05) is 10.9 Å². The van der Waals surface area contributed by atoms with E-state index in [9.17, 15) is 4.79 Å². The Balaban J connectivity index is 2.19. The highest BCUT2D eigenvalue weighted by molar-refractivity contribution is 5.66. The summed E-state index contributed by atoms with van der Waals surface area (Å²) in [5.41, 5.74) is 0.949. The molecule has 1 aromatic heterocycles. The largest absolute Gasteiger partial charge is 0.481 e. The van der Waals surface area contributed by atoms with Gasteiger partial charge in [0.25, 0.3) is 0 Å². The van der Waals surface area contributed by atoms with Gasteiger partial charge in [-0.15, -0.1) is 5.10 Å². The minimum absolute atomic E-state index is 0.233. The molecule has 0 amide bonds. The van der Waals surface area contributed by atoms with Crippen molar-refractivity contribution in [2.75, 3.05) is 20.6 Å².